The molecule has 3 nitrogen and oxygen atoms in total. The minimum absolute atomic E-state index is 0.265. The fraction of sp³-hybridized carbons (Fsp3) is 0.857. The molecule has 10 heavy (non-hydrogen) atoms. The smallest absolute Gasteiger partial charge is 0.303 e. The molecule has 0 rings (SSSR count). The molecule has 0 aromatic carbocycles. The van der Waals surface area contributed by atoms with Gasteiger partial charge in [-0.1, -0.05) is 6.92 Å². The summed E-state index contributed by atoms with van der Waals surface area (Å²) in [6, 6.07) is 0. The second kappa shape index (κ2) is 5.23. The number of carboxylic acids is 1. The van der Waals surface area contributed by atoms with E-state index in [4.69, 9.17) is 10.8 Å². The van der Waals surface area contributed by atoms with Gasteiger partial charge in [-0.3, -0.25) is 4.79 Å². The van der Waals surface area contributed by atoms with Crippen molar-refractivity contribution in [2.24, 2.45) is 11.7 Å². The second-order valence-electron chi connectivity index (χ2n) is 2.61. The van der Waals surface area contributed by atoms with Crippen LogP contribution >= 0.6 is 0 Å². The number of carbonyl (C=O) groups is 1. The number of nitrogens with two attached hydrogens (primary N) is 1. The van der Waals surface area contributed by atoms with Gasteiger partial charge in [-0.2, -0.15) is 0 Å². The summed E-state index contributed by atoms with van der Waals surface area (Å²) in [4.78, 5) is 10.1. The van der Waals surface area contributed by atoms with Gasteiger partial charge in [0.05, 0.1) is 0 Å². The van der Waals surface area contributed by atoms with E-state index in [0.29, 0.717) is 12.5 Å². The van der Waals surface area contributed by atoms with Gasteiger partial charge >= 0.3 is 5.97 Å². The Bertz CT molecular complexity index is 104. The molecular weight excluding hydrogens is 130 g/mol. The Hall–Kier alpha value is -0.570. The van der Waals surface area contributed by atoms with Crippen LogP contribution in [0.4, 0.5) is 0 Å². The van der Waals surface area contributed by atoms with Crippen molar-refractivity contribution in [3.05, 3.63) is 0 Å². The standard InChI is InChI=1S/C7H15NO2/c1-6(4-5-8)2-3-7(9)10/h6H,2-5,8H2,1H3,(H,9,10)/t6-/m0/s1. The molecular formula is C7H15NO2. The molecule has 0 heterocycles. The Morgan fingerprint density at radius 3 is 2.60 bits per heavy atom. The quantitative estimate of drug-likeness (QED) is 0.602. The van der Waals surface area contributed by atoms with Crippen LogP contribution in [-0.2, 0) is 4.79 Å². The zero-order chi connectivity index (χ0) is 7.98. The zero-order valence-electron chi connectivity index (χ0n) is 6.34. The molecule has 0 saturated heterocycles. The Morgan fingerprint density at radius 1 is 1.60 bits per heavy atom. The average Bonchev–Trinajstić information content (AvgIpc) is 1.85. The lowest BCUT2D eigenvalue weighted by Crippen LogP contribution is -2.07. The molecule has 0 aliphatic rings. The fourth-order valence-electron chi connectivity index (χ4n) is 0.799. The van der Waals surface area contributed by atoms with Crippen LogP contribution in [0.3, 0.4) is 0 Å². The third kappa shape index (κ3) is 5.56. The van der Waals surface area contributed by atoms with Crippen LogP contribution in [0.5, 0.6) is 0 Å². The molecule has 0 aromatic rings. The van der Waals surface area contributed by atoms with E-state index >= 15 is 0 Å². The van der Waals surface area contributed by atoms with Gasteiger partial charge < -0.3 is 10.8 Å². The highest BCUT2D eigenvalue weighted by atomic mass is 16.4. The summed E-state index contributed by atoms with van der Waals surface area (Å²) in [5.74, 6) is -0.273. The molecule has 0 aliphatic heterocycles. The molecule has 0 saturated carbocycles. The maximum atomic E-state index is 10.1. The highest BCUT2D eigenvalue weighted by molar-refractivity contribution is 5.66. The van der Waals surface area contributed by atoms with E-state index < -0.39 is 5.97 Å². The number of carboxylic acid groups (broad SMARTS) is 1. The summed E-state index contributed by atoms with van der Waals surface area (Å²) < 4.78 is 0. The Morgan fingerprint density at radius 2 is 2.20 bits per heavy atom. The summed E-state index contributed by atoms with van der Waals surface area (Å²) in [6.45, 7) is 2.68. The van der Waals surface area contributed by atoms with E-state index in [1.807, 2.05) is 6.92 Å². The normalized spacial score (nSPS) is 13.0. The maximum absolute atomic E-state index is 10.1. The number of aliphatic carboxylic acids is 1. The predicted molar refractivity (Wildman–Crippen MR) is 39.7 cm³/mol. The first-order valence-corrected chi connectivity index (χ1v) is 3.58. The summed E-state index contributed by atoms with van der Waals surface area (Å²) in [5.41, 5.74) is 5.29. The molecule has 0 radical (unpaired) electrons. The van der Waals surface area contributed by atoms with E-state index in [2.05, 4.69) is 0 Å². The third-order valence-corrected chi connectivity index (χ3v) is 1.51. The minimum atomic E-state index is -0.719. The molecule has 0 fully saturated rings. The zero-order valence-corrected chi connectivity index (χ0v) is 6.34. The van der Waals surface area contributed by atoms with E-state index in [1.165, 1.54) is 0 Å². The molecule has 3 heteroatoms. The van der Waals surface area contributed by atoms with Crippen molar-refractivity contribution >= 4 is 5.97 Å². The van der Waals surface area contributed by atoms with Gasteiger partial charge in [0, 0.05) is 6.42 Å². The molecule has 0 aromatic heterocycles. The van der Waals surface area contributed by atoms with Crippen molar-refractivity contribution in [3.63, 3.8) is 0 Å². The molecule has 60 valence electrons. The van der Waals surface area contributed by atoms with Crippen LogP contribution in [0.15, 0.2) is 0 Å². The molecule has 0 amide bonds. The Labute approximate surface area is 61.2 Å². The van der Waals surface area contributed by atoms with Crippen LogP contribution in [-0.4, -0.2) is 17.6 Å². The van der Waals surface area contributed by atoms with Crippen molar-refractivity contribution in [2.75, 3.05) is 6.54 Å². The van der Waals surface area contributed by atoms with Gasteiger partial charge in [-0.15, -0.1) is 0 Å². The highest BCUT2D eigenvalue weighted by Gasteiger charge is 2.03. The van der Waals surface area contributed by atoms with Crippen molar-refractivity contribution in [1.82, 2.24) is 0 Å². The number of hydrogen-bond donors (Lipinski definition) is 2. The van der Waals surface area contributed by atoms with Gasteiger partial charge in [-0.25, -0.2) is 0 Å². The lowest BCUT2D eigenvalue weighted by atomic mass is 10.0. The van der Waals surface area contributed by atoms with Gasteiger partial charge in [0.2, 0.25) is 0 Å². The lowest BCUT2D eigenvalue weighted by molar-refractivity contribution is -0.137. The van der Waals surface area contributed by atoms with Gasteiger partial charge in [0.15, 0.2) is 0 Å². The minimum Gasteiger partial charge on any atom is -0.481 e. The SMILES string of the molecule is C[C@H](CCN)CCC(=O)O. The van der Waals surface area contributed by atoms with E-state index in [0.717, 1.165) is 12.8 Å². The highest BCUT2D eigenvalue weighted by Crippen LogP contribution is 2.08. The van der Waals surface area contributed by atoms with Crippen molar-refractivity contribution < 1.29 is 9.90 Å². The fourth-order valence-corrected chi connectivity index (χ4v) is 0.799. The van der Waals surface area contributed by atoms with E-state index in [9.17, 15) is 4.79 Å². The average molecular weight is 145 g/mol. The van der Waals surface area contributed by atoms with Crippen molar-refractivity contribution in [3.8, 4) is 0 Å². The van der Waals surface area contributed by atoms with Crippen LogP contribution in [0.1, 0.15) is 26.2 Å². The maximum Gasteiger partial charge on any atom is 0.303 e. The van der Waals surface area contributed by atoms with Crippen LogP contribution in [0.25, 0.3) is 0 Å². The topological polar surface area (TPSA) is 63.3 Å². The molecule has 0 bridgehead atoms. The van der Waals surface area contributed by atoms with Gasteiger partial charge in [0.25, 0.3) is 0 Å². The predicted octanol–water partition coefficient (Wildman–Crippen LogP) is 0.836. The summed E-state index contributed by atoms with van der Waals surface area (Å²) in [7, 11) is 0. The first kappa shape index (κ1) is 9.43. The van der Waals surface area contributed by atoms with Crippen molar-refractivity contribution in [2.45, 2.75) is 26.2 Å². The Kier molecular flexibility index (Phi) is 4.94. The van der Waals surface area contributed by atoms with Gasteiger partial charge in [-0.05, 0) is 25.3 Å². The van der Waals surface area contributed by atoms with E-state index in [-0.39, 0.29) is 6.42 Å². The first-order valence-electron chi connectivity index (χ1n) is 3.58. The van der Waals surface area contributed by atoms with E-state index in [1.54, 1.807) is 0 Å². The van der Waals surface area contributed by atoms with Crippen molar-refractivity contribution in [1.29, 1.82) is 0 Å². The monoisotopic (exact) mass is 145 g/mol. The lowest BCUT2D eigenvalue weighted by Gasteiger charge is -2.06. The molecule has 3 N–H and O–H groups in total. The molecule has 0 aliphatic carbocycles. The third-order valence-electron chi connectivity index (χ3n) is 1.51. The first-order chi connectivity index (χ1) is 4.66. The summed E-state index contributed by atoms with van der Waals surface area (Å²) in [6.07, 6.45) is 1.93. The number of rotatable bonds is 5. The molecule has 0 spiro atoms. The number of hydrogen-bond acceptors (Lipinski definition) is 2. The Balaban J connectivity index is 3.21. The largest absolute Gasteiger partial charge is 0.481 e. The molecule has 1 atom stereocenters. The van der Waals surface area contributed by atoms with Crippen LogP contribution in [0, 0.1) is 5.92 Å². The second-order valence-corrected chi connectivity index (χ2v) is 2.61. The summed E-state index contributed by atoms with van der Waals surface area (Å²) in [5, 5.41) is 8.30. The van der Waals surface area contributed by atoms with Gasteiger partial charge in [0.1, 0.15) is 0 Å². The van der Waals surface area contributed by atoms with Crippen LogP contribution in [0.2, 0.25) is 0 Å². The molecule has 0 unspecified atom stereocenters. The van der Waals surface area contributed by atoms with Crippen LogP contribution < -0.4 is 5.73 Å². The summed E-state index contributed by atoms with van der Waals surface area (Å²) >= 11 is 0.